The Morgan fingerprint density at radius 1 is 1.10 bits per heavy atom. The highest BCUT2D eigenvalue weighted by Crippen LogP contribution is 2.31. The molecule has 114 valence electrons. The van der Waals surface area contributed by atoms with Gasteiger partial charge in [0.15, 0.2) is 5.82 Å². The first kappa shape index (κ1) is 15.2. The third-order valence-corrected chi connectivity index (χ3v) is 3.92. The van der Waals surface area contributed by atoms with Crippen molar-refractivity contribution in [2.75, 3.05) is 43.4 Å². The highest BCUT2D eigenvalue weighted by molar-refractivity contribution is 5.67. The summed E-state index contributed by atoms with van der Waals surface area (Å²) in [5.41, 5.74) is 8.19. The Morgan fingerprint density at radius 3 is 2.15 bits per heavy atom. The molecule has 1 saturated heterocycles. The topological polar surface area (TPSA) is 50.3 Å². The Morgan fingerprint density at radius 2 is 1.70 bits per heavy atom. The molecule has 20 heavy (non-hydrogen) atoms. The largest absolute Gasteiger partial charge is 0.394 e. The van der Waals surface area contributed by atoms with E-state index in [-0.39, 0.29) is 0 Å². The van der Waals surface area contributed by atoms with Crippen LogP contribution in [0.25, 0.3) is 0 Å². The molecule has 0 unspecified atom stereocenters. The van der Waals surface area contributed by atoms with Crippen LogP contribution in [-0.2, 0) is 7.05 Å². The Hall–Kier alpha value is -1.23. The molecule has 2 N–H and O–H groups in total. The van der Waals surface area contributed by atoms with Crippen molar-refractivity contribution in [3.05, 3.63) is 5.69 Å². The van der Waals surface area contributed by atoms with Gasteiger partial charge in [-0.1, -0.05) is 27.7 Å². The van der Waals surface area contributed by atoms with E-state index in [0.717, 1.165) is 49.3 Å². The monoisotopic (exact) mass is 279 g/mol. The third kappa shape index (κ3) is 3.08. The second kappa shape index (κ2) is 6.04. The van der Waals surface area contributed by atoms with Gasteiger partial charge in [0.2, 0.25) is 0 Å². The van der Waals surface area contributed by atoms with E-state index in [2.05, 4.69) is 42.6 Å². The lowest BCUT2D eigenvalue weighted by atomic mass is 10.1. The van der Waals surface area contributed by atoms with E-state index < -0.39 is 0 Å². The molecule has 0 atom stereocenters. The average Bonchev–Trinajstić information content (AvgIpc) is 2.66. The van der Waals surface area contributed by atoms with Gasteiger partial charge in [-0.05, 0) is 11.8 Å². The number of rotatable bonds is 4. The minimum atomic E-state index is 0.372. The summed E-state index contributed by atoms with van der Waals surface area (Å²) in [6, 6.07) is 0. The van der Waals surface area contributed by atoms with Crippen molar-refractivity contribution >= 4 is 11.5 Å². The van der Waals surface area contributed by atoms with Crippen LogP contribution < -0.4 is 10.6 Å². The van der Waals surface area contributed by atoms with Crippen LogP contribution in [0.2, 0.25) is 0 Å². The van der Waals surface area contributed by atoms with Crippen LogP contribution in [0, 0.1) is 5.92 Å². The number of aryl methyl sites for hydroxylation is 1. The maximum Gasteiger partial charge on any atom is 0.150 e. The summed E-state index contributed by atoms with van der Waals surface area (Å²) in [6.07, 6.45) is 0. The first-order valence-corrected chi connectivity index (χ1v) is 7.69. The zero-order valence-electron chi connectivity index (χ0n) is 13.6. The van der Waals surface area contributed by atoms with Crippen molar-refractivity contribution in [1.82, 2.24) is 14.7 Å². The summed E-state index contributed by atoms with van der Waals surface area (Å²) in [5, 5.41) is 4.59. The molecule has 1 aromatic rings. The molecule has 0 radical (unpaired) electrons. The molecule has 1 fully saturated rings. The second-order valence-corrected chi connectivity index (χ2v) is 6.58. The highest BCUT2D eigenvalue weighted by atomic mass is 15.4. The number of nitrogens with zero attached hydrogens (tertiary/aromatic N) is 4. The van der Waals surface area contributed by atoms with Crippen molar-refractivity contribution in [2.45, 2.75) is 33.6 Å². The van der Waals surface area contributed by atoms with Crippen molar-refractivity contribution in [1.29, 1.82) is 0 Å². The van der Waals surface area contributed by atoms with Crippen molar-refractivity contribution < 1.29 is 0 Å². The molecule has 1 aromatic heterocycles. The lowest BCUT2D eigenvalue weighted by molar-refractivity contribution is 0.230. The minimum absolute atomic E-state index is 0.372. The van der Waals surface area contributed by atoms with Crippen molar-refractivity contribution in [3.8, 4) is 0 Å². The van der Waals surface area contributed by atoms with Crippen LogP contribution in [0.1, 0.15) is 39.3 Å². The fourth-order valence-corrected chi connectivity index (χ4v) is 3.01. The average molecular weight is 279 g/mol. The van der Waals surface area contributed by atoms with E-state index in [1.54, 1.807) is 0 Å². The number of aromatic nitrogens is 2. The van der Waals surface area contributed by atoms with E-state index >= 15 is 0 Å². The number of hydrogen-bond donors (Lipinski definition) is 1. The van der Waals surface area contributed by atoms with E-state index in [0.29, 0.717) is 5.92 Å². The summed E-state index contributed by atoms with van der Waals surface area (Å²) in [6.45, 7) is 14.3. The SMILES string of the molecule is CC(C)CN1CCN(c2c(N)c(C(C)C)nn2C)CC1. The zero-order chi connectivity index (χ0) is 14.9. The number of hydrogen-bond acceptors (Lipinski definition) is 4. The predicted octanol–water partition coefficient (Wildman–Crippen LogP) is 1.90. The summed E-state index contributed by atoms with van der Waals surface area (Å²) in [5.74, 6) is 2.20. The second-order valence-electron chi connectivity index (χ2n) is 6.58. The van der Waals surface area contributed by atoms with E-state index in [9.17, 15) is 0 Å². The van der Waals surface area contributed by atoms with Crippen LogP contribution >= 0.6 is 0 Å². The van der Waals surface area contributed by atoms with E-state index in [1.807, 2.05) is 11.7 Å². The molecule has 0 spiro atoms. The van der Waals surface area contributed by atoms with E-state index in [4.69, 9.17) is 5.73 Å². The Kier molecular flexibility index (Phi) is 4.58. The number of nitrogens with two attached hydrogens (primary N) is 1. The zero-order valence-corrected chi connectivity index (χ0v) is 13.6. The molecular weight excluding hydrogens is 250 g/mol. The maximum atomic E-state index is 6.31. The van der Waals surface area contributed by atoms with Crippen LogP contribution in [0.3, 0.4) is 0 Å². The van der Waals surface area contributed by atoms with Gasteiger partial charge in [-0.3, -0.25) is 9.58 Å². The molecule has 0 aliphatic carbocycles. The highest BCUT2D eigenvalue weighted by Gasteiger charge is 2.24. The maximum absolute atomic E-state index is 6.31. The minimum Gasteiger partial charge on any atom is -0.394 e. The Balaban J connectivity index is 2.07. The van der Waals surface area contributed by atoms with Gasteiger partial charge in [0.05, 0.1) is 11.4 Å². The first-order chi connectivity index (χ1) is 9.40. The van der Waals surface area contributed by atoms with Crippen molar-refractivity contribution in [2.24, 2.45) is 13.0 Å². The normalized spacial score (nSPS) is 17.4. The fourth-order valence-electron chi connectivity index (χ4n) is 3.01. The quantitative estimate of drug-likeness (QED) is 0.914. The molecule has 2 rings (SSSR count). The summed E-state index contributed by atoms with van der Waals surface area (Å²) in [4.78, 5) is 4.92. The number of nitrogen functional groups attached to an aromatic ring is 1. The molecule has 0 amide bonds. The smallest absolute Gasteiger partial charge is 0.150 e. The molecule has 2 heterocycles. The van der Waals surface area contributed by atoms with Gasteiger partial charge in [0, 0.05) is 39.8 Å². The van der Waals surface area contributed by atoms with Gasteiger partial charge >= 0.3 is 0 Å². The predicted molar refractivity (Wildman–Crippen MR) is 85.2 cm³/mol. The molecular formula is C15H29N5. The molecule has 0 saturated carbocycles. The lowest BCUT2D eigenvalue weighted by Gasteiger charge is -2.36. The van der Waals surface area contributed by atoms with Crippen LogP contribution in [0.15, 0.2) is 0 Å². The summed E-state index contributed by atoms with van der Waals surface area (Å²) in [7, 11) is 2.00. The van der Waals surface area contributed by atoms with Crippen LogP contribution in [0.4, 0.5) is 11.5 Å². The Labute approximate surface area is 122 Å². The first-order valence-electron chi connectivity index (χ1n) is 7.69. The third-order valence-electron chi connectivity index (χ3n) is 3.92. The Bertz CT molecular complexity index is 441. The van der Waals surface area contributed by atoms with Gasteiger partial charge in [-0.2, -0.15) is 5.10 Å². The standard InChI is InChI=1S/C15H29N5/c1-11(2)10-19-6-8-20(9-7-19)15-13(16)14(12(3)4)17-18(15)5/h11-12H,6-10,16H2,1-5H3. The molecule has 0 aromatic carbocycles. The number of piperazine rings is 1. The summed E-state index contributed by atoms with van der Waals surface area (Å²) < 4.78 is 1.95. The van der Waals surface area contributed by atoms with Gasteiger partial charge < -0.3 is 10.6 Å². The molecule has 5 nitrogen and oxygen atoms in total. The molecule has 1 aliphatic rings. The van der Waals surface area contributed by atoms with Gasteiger partial charge in [-0.25, -0.2) is 0 Å². The molecule has 0 bridgehead atoms. The van der Waals surface area contributed by atoms with Crippen LogP contribution in [-0.4, -0.2) is 47.4 Å². The number of anilines is 2. The van der Waals surface area contributed by atoms with Gasteiger partial charge in [0.1, 0.15) is 0 Å². The van der Waals surface area contributed by atoms with Crippen LogP contribution in [0.5, 0.6) is 0 Å². The lowest BCUT2D eigenvalue weighted by Crippen LogP contribution is -2.48. The van der Waals surface area contributed by atoms with Gasteiger partial charge in [-0.15, -0.1) is 0 Å². The fraction of sp³-hybridized carbons (Fsp3) is 0.800. The molecule has 5 heteroatoms. The van der Waals surface area contributed by atoms with E-state index in [1.165, 1.54) is 6.54 Å². The van der Waals surface area contributed by atoms with Crippen molar-refractivity contribution in [3.63, 3.8) is 0 Å². The van der Waals surface area contributed by atoms with Gasteiger partial charge in [0.25, 0.3) is 0 Å². The summed E-state index contributed by atoms with van der Waals surface area (Å²) >= 11 is 0. The molecule has 1 aliphatic heterocycles.